The molecule has 2 heterocycles. The summed E-state index contributed by atoms with van der Waals surface area (Å²) in [6.45, 7) is 2.55. The van der Waals surface area contributed by atoms with Gasteiger partial charge in [-0.05, 0) is 48.9 Å². The number of benzene rings is 2. The average Bonchev–Trinajstić information content (AvgIpc) is 3.23. The molecule has 0 fully saturated rings. The molecule has 0 saturated heterocycles. The highest BCUT2D eigenvalue weighted by Crippen LogP contribution is 2.30. The average molecular weight is 433 g/mol. The number of pyridine rings is 1. The lowest BCUT2D eigenvalue weighted by molar-refractivity contribution is -0.384. The number of hydrogen-bond acceptors (Lipinski definition) is 7. The summed E-state index contributed by atoms with van der Waals surface area (Å²) in [5, 5.41) is 20.4. The highest BCUT2D eigenvalue weighted by Gasteiger charge is 2.17. The van der Waals surface area contributed by atoms with Crippen molar-refractivity contribution in [3.63, 3.8) is 0 Å². The Bertz CT molecular complexity index is 1160. The molecule has 2 aromatic heterocycles. The van der Waals surface area contributed by atoms with Gasteiger partial charge in [0, 0.05) is 41.5 Å². The maximum absolute atomic E-state index is 10.9. The van der Waals surface area contributed by atoms with Gasteiger partial charge in [0.1, 0.15) is 5.75 Å². The van der Waals surface area contributed by atoms with Crippen molar-refractivity contribution in [2.24, 2.45) is 0 Å². The summed E-state index contributed by atoms with van der Waals surface area (Å²) in [4.78, 5) is 14.7. The van der Waals surface area contributed by atoms with Crippen LogP contribution in [0.25, 0.3) is 17.1 Å². The molecule has 0 saturated carbocycles. The van der Waals surface area contributed by atoms with Crippen LogP contribution in [0.4, 0.5) is 5.69 Å². The lowest BCUT2D eigenvalue weighted by atomic mass is 10.2. The van der Waals surface area contributed by atoms with E-state index in [1.807, 2.05) is 47.9 Å². The van der Waals surface area contributed by atoms with Crippen molar-refractivity contribution in [2.75, 3.05) is 6.61 Å². The Labute approximate surface area is 183 Å². The Morgan fingerprint density at radius 1 is 1.06 bits per heavy atom. The lowest BCUT2D eigenvalue weighted by Gasteiger charge is -2.11. The van der Waals surface area contributed by atoms with E-state index in [0.717, 1.165) is 22.6 Å². The predicted octanol–water partition coefficient (Wildman–Crippen LogP) is 4.93. The zero-order valence-corrected chi connectivity index (χ0v) is 17.5. The summed E-state index contributed by atoms with van der Waals surface area (Å²) < 4.78 is 7.53. The number of nitro groups is 1. The second-order valence-corrected chi connectivity index (χ2v) is 7.46. The van der Waals surface area contributed by atoms with Gasteiger partial charge in [-0.2, -0.15) is 0 Å². The number of thioether (sulfide) groups is 1. The van der Waals surface area contributed by atoms with Crippen LogP contribution in [-0.4, -0.2) is 31.3 Å². The minimum atomic E-state index is -0.403. The Morgan fingerprint density at radius 3 is 2.48 bits per heavy atom. The molecule has 9 heteroatoms. The van der Waals surface area contributed by atoms with Crippen LogP contribution >= 0.6 is 11.8 Å². The lowest BCUT2D eigenvalue weighted by Crippen LogP contribution is -2.00. The van der Waals surface area contributed by atoms with Crippen LogP contribution in [0, 0.1) is 10.1 Å². The van der Waals surface area contributed by atoms with Gasteiger partial charge in [0.25, 0.3) is 5.69 Å². The van der Waals surface area contributed by atoms with Crippen molar-refractivity contribution in [3.05, 3.63) is 88.7 Å². The van der Waals surface area contributed by atoms with Crippen LogP contribution in [0.15, 0.2) is 78.2 Å². The maximum Gasteiger partial charge on any atom is 0.269 e. The van der Waals surface area contributed by atoms with Crippen molar-refractivity contribution >= 4 is 17.4 Å². The molecule has 0 spiro atoms. The first-order valence-electron chi connectivity index (χ1n) is 9.61. The molecule has 8 nitrogen and oxygen atoms in total. The quantitative estimate of drug-likeness (QED) is 0.221. The summed E-state index contributed by atoms with van der Waals surface area (Å²) in [7, 11) is 0. The third-order valence-corrected chi connectivity index (χ3v) is 5.47. The van der Waals surface area contributed by atoms with Gasteiger partial charge in [0.05, 0.1) is 11.5 Å². The molecular weight excluding hydrogens is 414 g/mol. The maximum atomic E-state index is 10.9. The summed E-state index contributed by atoms with van der Waals surface area (Å²) in [5.41, 5.74) is 2.79. The number of nitrogens with zero attached hydrogens (tertiary/aromatic N) is 5. The van der Waals surface area contributed by atoms with E-state index in [-0.39, 0.29) is 5.69 Å². The topological polar surface area (TPSA) is 96.0 Å². The number of ether oxygens (including phenoxy) is 1. The fourth-order valence-electron chi connectivity index (χ4n) is 3.00. The molecular formula is C22H19N5O3S. The van der Waals surface area contributed by atoms with Crippen molar-refractivity contribution < 1.29 is 9.66 Å². The smallest absolute Gasteiger partial charge is 0.269 e. The van der Waals surface area contributed by atoms with Gasteiger partial charge in [0.15, 0.2) is 11.0 Å². The second-order valence-electron chi connectivity index (χ2n) is 6.52. The van der Waals surface area contributed by atoms with E-state index in [9.17, 15) is 10.1 Å². The van der Waals surface area contributed by atoms with E-state index >= 15 is 0 Å². The monoisotopic (exact) mass is 433 g/mol. The molecule has 2 aromatic carbocycles. The van der Waals surface area contributed by atoms with E-state index in [1.54, 1.807) is 24.5 Å². The van der Waals surface area contributed by atoms with E-state index in [0.29, 0.717) is 23.3 Å². The first-order valence-corrected chi connectivity index (χ1v) is 10.6. The van der Waals surface area contributed by atoms with Gasteiger partial charge in [-0.3, -0.25) is 19.7 Å². The third-order valence-electron chi connectivity index (χ3n) is 4.47. The van der Waals surface area contributed by atoms with E-state index in [4.69, 9.17) is 4.74 Å². The number of hydrogen-bond donors (Lipinski definition) is 0. The number of aromatic nitrogens is 4. The van der Waals surface area contributed by atoms with Gasteiger partial charge in [0.2, 0.25) is 0 Å². The summed E-state index contributed by atoms with van der Waals surface area (Å²) in [6.07, 6.45) is 3.46. The Hall–Kier alpha value is -3.72. The van der Waals surface area contributed by atoms with Crippen LogP contribution in [0.3, 0.4) is 0 Å². The van der Waals surface area contributed by atoms with Crippen molar-refractivity contribution in [2.45, 2.75) is 17.8 Å². The van der Waals surface area contributed by atoms with Crippen LogP contribution in [0.1, 0.15) is 12.5 Å². The van der Waals surface area contributed by atoms with Crippen LogP contribution in [0.2, 0.25) is 0 Å². The van der Waals surface area contributed by atoms with Gasteiger partial charge in [-0.25, -0.2) is 0 Å². The van der Waals surface area contributed by atoms with Crippen molar-refractivity contribution in [3.8, 4) is 22.8 Å². The molecule has 0 N–H and O–H groups in total. The molecule has 0 amide bonds. The minimum Gasteiger partial charge on any atom is -0.494 e. The van der Waals surface area contributed by atoms with Crippen molar-refractivity contribution in [1.29, 1.82) is 0 Å². The molecule has 0 unspecified atom stereocenters. The molecule has 4 rings (SSSR count). The zero-order chi connectivity index (χ0) is 21.6. The Morgan fingerprint density at radius 2 is 1.84 bits per heavy atom. The van der Waals surface area contributed by atoms with Gasteiger partial charge < -0.3 is 4.74 Å². The molecule has 156 valence electrons. The van der Waals surface area contributed by atoms with E-state index in [2.05, 4.69) is 15.2 Å². The van der Waals surface area contributed by atoms with Gasteiger partial charge in [-0.15, -0.1) is 10.2 Å². The van der Waals surface area contributed by atoms with Crippen LogP contribution < -0.4 is 4.74 Å². The highest BCUT2D eigenvalue weighted by atomic mass is 32.2. The first kappa shape index (κ1) is 20.5. The predicted molar refractivity (Wildman–Crippen MR) is 118 cm³/mol. The molecule has 4 aromatic rings. The molecule has 0 radical (unpaired) electrons. The fraction of sp³-hybridized carbons (Fsp3) is 0.136. The minimum absolute atomic E-state index is 0.0742. The number of rotatable bonds is 8. The summed E-state index contributed by atoms with van der Waals surface area (Å²) in [6, 6.07) is 18.1. The molecule has 0 aliphatic rings. The van der Waals surface area contributed by atoms with E-state index < -0.39 is 4.92 Å². The fourth-order valence-corrected chi connectivity index (χ4v) is 3.91. The zero-order valence-electron chi connectivity index (χ0n) is 16.7. The first-order chi connectivity index (χ1) is 15.2. The Balaban J connectivity index is 1.65. The van der Waals surface area contributed by atoms with Crippen LogP contribution in [0.5, 0.6) is 5.75 Å². The normalized spacial score (nSPS) is 10.7. The summed E-state index contributed by atoms with van der Waals surface area (Å²) in [5.74, 6) is 2.08. The van der Waals surface area contributed by atoms with E-state index in [1.165, 1.54) is 23.9 Å². The second kappa shape index (κ2) is 9.40. The molecule has 0 atom stereocenters. The largest absolute Gasteiger partial charge is 0.494 e. The molecule has 31 heavy (non-hydrogen) atoms. The summed E-state index contributed by atoms with van der Waals surface area (Å²) >= 11 is 1.51. The number of nitro benzene ring substituents is 1. The SMILES string of the molecule is CCOc1ccc(-n2c(SCc3ccc([N+](=O)[O-])cc3)nnc2-c2cccnc2)cc1. The number of non-ortho nitro benzene ring substituents is 1. The molecule has 0 bridgehead atoms. The molecule has 0 aliphatic heterocycles. The van der Waals surface area contributed by atoms with Gasteiger partial charge >= 0.3 is 0 Å². The highest BCUT2D eigenvalue weighted by molar-refractivity contribution is 7.98. The van der Waals surface area contributed by atoms with Crippen molar-refractivity contribution in [1.82, 2.24) is 19.7 Å². The van der Waals surface area contributed by atoms with Gasteiger partial charge in [-0.1, -0.05) is 23.9 Å². The standard InChI is InChI=1S/C22H19N5O3S/c1-2-30-20-11-9-18(10-12-20)26-21(17-4-3-13-23-14-17)24-25-22(26)31-15-16-5-7-19(8-6-16)27(28)29/h3-14H,2,15H2,1H3. The Kier molecular flexibility index (Phi) is 6.23. The molecule has 0 aliphatic carbocycles. The van der Waals surface area contributed by atoms with Crippen LogP contribution in [-0.2, 0) is 5.75 Å². The third kappa shape index (κ3) is 4.72.